The largest absolute Gasteiger partial charge is 0.417 e. The minimum atomic E-state index is -4.41. The van der Waals surface area contributed by atoms with Crippen LogP contribution in [0.5, 0.6) is 0 Å². The van der Waals surface area contributed by atoms with Crippen LogP contribution in [-0.4, -0.2) is 23.5 Å². The molecular weight excluding hydrogens is 247 g/mol. The van der Waals surface area contributed by atoms with Crippen LogP contribution in [0.1, 0.15) is 18.4 Å². The van der Waals surface area contributed by atoms with Gasteiger partial charge in [0.25, 0.3) is 0 Å². The Hall–Kier alpha value is -1.63. The van der Waals surface area contributed by atoms with E-state index in [1.54, 1.807) is 0 Å². The molecule has 2 N–H and O–H groups in total. The molecule has 2 rings (SSSR count). The highest BCUT2D eigenvalue weighted by Crippen LogP contribution is 2.28. The predicted molar refractivity (Wildman–Crippen MR) is 58.9 cm³/mol. The summed E-state index contributed by atoms with van der Waals surface area (Å²) < 4.78 is 36.9. The molecule has 2 heterocycles. The van der Waals surface area contributed by atoms with Crippen LogP contribution in [0.3, 0.4) is 0 Å². The Morgan fingerprint density at radius 1 is 1.44 bits per heavy atom. The summed E-state index contributed by atoms with van der Waals surface area (Å²) in [5.41, 5.74) is -0.834. The maximum Gasteiger partial charge on any atom is 0.417 e. The lowest BCUT2D eigenvalue weighted by Gasteiger charge is -2.11. The molecule has 1 saturated heterocycles. The zero-order chi connectivity index (χ0) is 13.2. The SMILES string of the molecule is O=C(Nc1ccc(C(F)(F)F)cn1)C1CCCN1. The molecule has 7 heteroatoms. The van der Waals surface area contributed by atoms with Crippen LogP contribution in [0, 0.1) is 0 Å². The Morgan fingerprint density at radius 3 is 2.72 bits per heavy atom. The molecule has 0 aromatic carbocycles. The Labute approximate surface area is 102 Å². The number of rotatable bonds is 2. The molecule has 1 atom stereocenters. The van der Waals surface area contributed by atoms with Crippen LogP contribution >= 0.6 is 0 Å². The lowest BCUT2D eigenvalue weighted by molar-refractivity contribution is -0.137. The summed E-state index contributed by atoms with van der Waals surface area (Å²) in [4.78, 5) is 15.2. The molecular formula is C11H12F3N3O. The lowest BCUT2D eigenvalue weighted by Crippen LogP contribution is -2.35. The molecule has 1 aromatic rings. The third-order valence-corrected chi connectivity index (χ3v) is 2.72. The van der Waals surface area contributed by atoms with E-state index in [1.807, 2.05) is 0 Å². The summed E-state index contributed by atoms with van der Waals surface area (Å²) >= 11 is 0. The number of halogens is 3. The number of pyridine rings is 1. The van der Waals surface area contributed by atoms with Gasteiger partial charge >= 0.3 is 6.18 Å². The van der Waals surface area contributed by atoms with Gasteiger partial charge in [0.15, 0.2) is 0 Å². The number of amides is 1. The van der Waals surface area contributed by atoms with E-state index in [2.05, 4.69) is 15.6 Å². The molecule has 0 radical (unpaired) electrons. The van der Waals surface area contributed by atoms with Crippen LogP contribution < -0.4 is 10.6 Å². The summed E-state index contributed by atoms with van der Waals surface area (Å²) in [6, 6.07) is 1.76. The minimum absolute atomic E-state index is 0.127. The number of carbonyl (C=O) groups is 1. The number of nitrogens with zero attached hydrogens (tertiary/aromatic N) is 1. The first-order chi connectivity index (χ1) is 8.47. The van der Waals surface area contributed by atoms with E-state index in [4.69, 9.17) is 0 Å². The molecule has 0 bridgehead atoms. The van der Waals surface area contributed by atoms with Crippen LogP contribution in [0.15, 0.2) is 18.3 Å². The van der Waals surface area contributed by atoms with Crippen molar-refractivity contribution in [3.8, 4) is 0 Å². The van der Waals surface area contributed by atoms with Crippen LogP contribution in [-0.2, 0) is 11.0 Å². The van der Waals surface area contributed by atoms with Gasteiger partial charge in [0, 0.05) is 6.20 Å². The van der Waals surface area contributed by atoms with E-state index >= 15 is 0 Å². The fraction of sp³-hybridized carbons (Fsp3) is 0.455. The summed E-state index contributed by atoms with van der Waals surface area (Å²) in [5, 5.41) is 5.48. The van der Waals surface area contributed by atoms with Crippen molar-refractivity contribution in [1.82, 2.24) is 10.3 Å². The summed E-state index contributed by atoms with van der Waals surface area (Å²) in [6.07, 6.45) is -2.06. The number of nitrogens with one attached hydrogen (secondary N) is 2. The quantitative estimate of drug-likeness (QED) is 0.851. The van der Waals surface area contributed by atoms with Crippen molar-refractivity contribution in [1.29, 1.82) is 0 Å². The molecule has 0 aliphatic carbocycles. The second-order valence-corrected chi connectivity index (χ2v) is 4.07. The van der Waals surface area contributed by atoms with Gasteiger partial charge in [-0.3, -0.25) is 4.79 Å². The Kier molecular flexibility index (Phi) is 3.51. The molecule has 1 fully saturated rings. The van der Waals surface area contributed by atoms with Crippen molar-refractivity contribution >= 4 is 11.7 Å². The fourth-order valence-electron chi connectivity index (χ4n) is 1.76. The van der Waals surface area contributed by atoms with Crippen molar-refractivity contribution in [3.63, 3.8) is 0 Å². The maximum atomic E-state index is 12.3. The highest BCUT2D eigenvalue weighted by Gasteiger charge is 2.30. The predicted octanol–water partition coefficient (Wildman–Crippen LogP) is 1.79. The first-order valence-corrected chi connectivity index (χ1v) is 5.54. The molecule has 1 aliphatic rings. The third kappa shape index (κ3) is 2.98. The Morgan fingerprint density at radius 2 is 2.22 bits per heavy atom. The molecule has 4 nitrogen and oxygen atoms in total. The Bertz CT molecular complexity index is 424. The molecule has 1 aromatic heterocycles. The zero-order valence-electron chi connectivity index (χ0n) is 9.42. The zero-order valence-corrected chi connectivity index (χ0v) is 9.42. The van der Waals surface area contributed by atoms with Crippen molar-refractivity contribution in [2.24, 2.45) is 0 Å². The number of hydrogen-bond donors (Lipinski definition) is 2. The van der Waals surface area contributed by atoms with E-state index in [-0.39, 0.29) is 17.8 Å². The topological polar surface area (TPSA) is 54.0 Å². The van der Waals surface area contributed by atoms with E-state index in [0.717, 1.165) is 31.5 Å². The normalized spacial score (nSPS) is 19.8. The molecule has 1 aliphatic heterocycles. The fourth-order valence-corrected chi connectivity index (χ4v) is 1.76. The number of alkyl halides is 3. The molecule has 1 amide bonds. The second-order valence-electron chi connectivity index (χ2n) is 4.07. The second kappa shape index (κ2) is 4.93. The van der Waals surface area contributed by atoms with E-state index in [1.165, 1.54) is 0 Å². The van der Waals surface area contributed by atoms with Gasteiger partial charge < -0.3 is 10.6 Å². The van der Waals surface area contributed by atoms with Crippen molar-refractivity contribution < 1.29 is 18.0 Å². The smallest absolute Gasteiger partial charge is 0.309 e. The van der Waals surface area contributed by atoms with Gasteiger partial charge in [-0.15, -0.1) is 0 Å². The number of carbonyl (C=O) groups excluding carboxylic acids is 1. The number of anilines is 1. The van der Waals surface area contributed by atoms with Gasteiger partial charge in [-0.05, 0) is 31.5 Å². The van der Waals surface area contributed by atoms with Crippen LogP contribution in [0.4, 0.5) is 19.0 Å². The summed E-state index contributed by atoms with van der Waals surface area (Å²) in [7, 11) is 0. The van der Waals surface area contributed by atoms with Crippen LogP contribution in [0.2, 0.25) is 0 Å². The average Bonchev–Trinajstić information content (AvgIpc) is 2.82. The van der Waals surface area contributed by atoms with Gasteiger partial charge in [0.2, 0.25) is 5.91 Å². The summed E-state index contributed by atoms with van der Waals surface area (Å²) in [6.45, 7) is 0.776. The first-order valence-electron chi connectivity index (χ1n) is 5.54. The molecule has 98 valence electrons. The van der Waals surface area contributed by atoms with E-state index in [0.29, 0.717) is 6.20 Å². The Balaban J connectivity index is 2.00. The van der Waals surface area contributed by atoms with Gasteiger partial charge in [0.1, 0.15) is 5.82 Å². The lowest BCUT2D eigenvalue weighted by atomic mass is 10.2. The number of hydrogen-bond acceptors (Lipinski definition) is 3. The van der Waals surface area contributed by atoms with Crippen molar-refractivity contribution in [2.45, 2.75) is 25.1 Å². The molecule has 0 saturated carbocycles. The van der Waals surface area contributed by atoms with Crippen molar-refractivity contribution in [2.75, 3.05) is 11.9 Å². The van der Waals surface area contributed by atoms with Gasteiger partial charge in [-0.2, -0.15) is 13.2 Å². The summed E-state index contributed by atoms with van der Waals surface area (Å²) in [5.74, 6) is -0.138. The van der Waals surface area contributed by atoms with Crippen molar-refractivity contribution in [3.05, 3.63) is 23.9 Å². The maximum absolute atomic E-state index is 12.3. The highest BCUT2D eigenvalue weighted by atomic mass is 19.4. The standard InChI is InChI=1S/C11H12F3N3O/c12-11(13,14)7-3-4-9(16-6-7)17-10(18)8-2-1-5-15-8/h3-4,6,8,15H,1-2,5H2,(H,16,17,18). The third-order valence-electron chi connectivity index (χ3n) is 2.72. The monoisotopic (exact) mass is 259 g/mol. The van der Waals surface area contributed by atoms with E-state index < -0.39 is 11.7 Å². The number of aromatic nitrogens is 1. The minimum Gasteiger partial charge on any atom is -0.309 e. The van der Waals surface area contributed by atoms with Gasteiger partial charge in [-0.1, -0.05) is 0 Å². The average molecular weight is 259 g/mol. The molecule has 0 spiro atoms. The van der Waals surface area contributed by atoms with Gasteiger partial charge in [-0.25, -0.2) is 4.98 Å². The molecule has 18 heavy (non-hydrogen) atoms. The first kappa shape index (κ1) is 12.8. The highest BCUT2D eigenvalue weighted by molar-refractivity contribution is 5.94. The van der Waals surface area contributed by atoms with E-state index in [9.17, 15) is 18.0 Å². The van der Waals surface area contributed by atoms with Crippen LogP contribution in [0.25, 0.3) is 0 Å². The molecule has 1 unspecified atom stereocenters. The van der Waals surface area contributed by atoms with Gasteiger partial charge in [0.05, 0.1) is 11.6 Å².